The summed E-state index contributed by atoms with van der Waals surface area (Å²) in [4.78, 5) is 2.50. The third kappa shape index (κ3) is 3.65. The molecule has 0 aromatic rings. The average molecular weight is 184 g/mol. The Balaban J connectivity index is 2.22. The molecule has 78 valence electrons. The Morgan fingerprint density at radius 1 is 1.23 bits per heavy atom. The molecule has 1 aliphatic heterocycles. The molecule has 1 heterocycles. The molecule has 0 saturated carbocycles. The van der Waals surface area contributed by atoms with Gasteiger partial charge in [0.15, 0.2) is 0 Å². The molecule has 2 N–H and O–H groups in total. The topological polar surface area (TPSA) is 29.3 Å². The van der Waals surface area contributed by atoms with Gasteiger partial charge >= 0.3 is 0 Å². The smallest absolute Gasteiger partial charge is 0.0139 e. The molecular weight excluding hydrogens is 160 g/mol. The van der Waals surface area contributed by atoms with Crippen LogP contribution in [0.2, 0.25) is 0 Å². The van der Waals surface area contributed by atoms with Gasteiger partial charge in [-0.3, -0.25) is 0 Å². The van der Waals surface area contributed by atoms with E-state index in [-0.39, 0.29) is 0 Å². The van der Waals surface area contributed by atoms with Gasteiger partial charge in [0.2, 0.25) is 0 Å². The summed E-state index contributed by atoms with van der Waals surface area (Å²) in [6.07, 6.45) is 2.73. The van der Waals surface area contributed by atoms with Crippen LogP contribution in [-0.4, -0.2) is 30.6 Å². The molecule has 1 fully saturated rings. The highest BCUT2D eigenvalue weighted by atomic mass is 15.1. The monoisotopic (exact) mass is 184 g/mol. The molecule has 2 heteroatoms. The van der Waals surface area contributed by atoms with Gasteiger partial charge in [-0.05, 0) is 44.7 Å². The van der Waals surface area contributed by atoms with Gasteiger partial charge in [0.25, 0.3) is 0 Å². The Bertz CT molecular complexity index is 135. The third-order valence-corrected chi connectivity index (χ3v) is 3.12. The van der Waals surface area contributed by atoms with Gasteiger partial charge in [0.1, 0.15) is 0 Å². The first-order valence-electron chi connectivity index (χ1n) is 5.57. The molecule has 13 heavy (non-hydrogen) atoms. The number of nitrogens with zero attached hydrogens (tertiary/aromatic N) is 1. The second kappa shape index (κ2) is 4.97. The minimum Gasteiger partial charge on any atom is -0.327 e. The third-order valence-electron chi connectivity index (χ3n) is 3.12. The molecule has 1 rings (SSSR count). The Hall–Kier alpha value is -0.0800. The number of nitrogens with two attached hydrogens (primary N) is 1. The van der Waals surface area contributed by atoms with E-state index in [1.807, 2.05) is 0 Å². The van der Waals surface area contributed by atoms with Crippen molar-refractivity contribution in [3.05, 3.63) is 0 Å². The van der Waals surface area contributed by atoms with Crippen molar-refractivity contribution in [2.75, 3.05) is 19.6 Å². The van der Waals surface area contributed by atoms with E-state index < -0.39 is 0 Å². The zero-order valence-corrected chi connectivity index (χ0v) is 9.29. The van der Waals surface area contributed by atoms with Crippen LogP contribution in [0.15, 0.2) is 0 Å². The summed E-state index contributed by atoms with van der Waals surface area (Å²) in [6, 6.07) is 0.329. The molecular formula is C11H24N2. The minimum atomic E-state index is 0.329. The number of rotatable bonds is 3. The van der Waals surface area contributed by atoms with E-state index in [0.717, 1.165) is 18.4 Å². The quantitative estimate of drug-likeness (QED) is 0.723. The van der Waals surface area contributed by atoms with Crippen LogP contribution < -0.4 is 5.73 Å². The summed E-state index contributed by atoms with van der Waals surface area (Å²) >= 11 is 0. The lowest BCUT2D eigenvalue weighted by Crippen LogP contribution is -2.41. The summed E-state index contributed by atoms with van der Waals surface area (Å²) in [6.45, 7) is 10.4. The van der Waals surface area contributed by atoms with Gasteiger partial charge in [0.05, 0.1) is 0 Å². The van der Waals surface area contributed by atoms with Crippen molar-refractivity contribution < 1.29 is 0 Å². The first-order valence-corrected chi connectivity index (χ1v) is 5.57. The minimum absolute atomic E-state index is 0.329. The van der Waals surface area contributed by atoms with E-state index in [4.69, 9.17) is 5.73 Å². The molecule has 0 spiro atoms. The van der Waals surface area contributed by atoms with Crippen molar-refractivity contribution in [3.8, 4) is 0 Å². The van der Waals surface area contributed by atoms with Gasteiger partial charge in [0, 0.05) is 12.6 Å². The predicted octanol–water partition coefficient (Wildman–Crippen LogP) is 1.70. The molecule has 1 atom stereocenters. The highest BCUT2D eigenvalue weighted by Gasteiger charge is 2.21. The Morgan fingerprint density at radius 3 is 2.15 bits per heavy atom. The highest BCUT2D eigenvalue weighted by Crippen LogP contribution is 2.24. The molecule has 0 aromatic heterocycles. The van der Waals surface area contributed by atoms with Crippen molar-refractivity contribution >= 4 is 0 Å². The summed E-state index contributed by atoms with van der Waals surface area (Å²) < 4.78 is 0. The van der Waals surface area contributed by atoms with Crippen LogP contribution >= 0.6 is 0 Å². The molecule has 0 aromatic carbocycles. The fourth-order valence-electron chi connectivity index (χ4n) is 2.21. The lowest BCUT2D eigenvalue weighted by molar-refractivity contribution is 0.153. The van der Waals surface area contributed by atoms with Crippen LogP contribution in [0.4, 0.5) is 0 Å². The van der Waals surface area contributed by atoms with E-state index in [0.29, 0.717) is 6.04 Å². The van der Waals surface area contributed by atoms with Gasteiger partial charge in [-0.1, -0.05) is 13.8 Å². The number of piperidine rings is 1. The SMILES string of the molecule is CC(C)C1CCN(C[C@@H](C)N)CC1. The second-order valence-corrected chi connectivity index (χ2v) is 4.86. The zero-order chi connectivity index (χ0) is 9.84. The van der Waals surface area contributed by atoms with E-state index in [2.05, 4.69) is 25.7 Å². The largest absolute Gasteiger partial charge is 0.327 e. The lowest BCUT2D eigenvalue weighted by atomic mass is 9.86. The summed E-state index contributed by atoms with van der Waals surface area (Å²) in [7, 11) is 0. The summed E-state index contributed by atoms with van der Waals surface area (Å²) in [5.41, 5.74) is 5.78. The molecule has 1 aliphatic rings. The fraction of sp³-hybridized carbons (Fsp3) is 1.00. The highest BCUT2D eigenvalue weighted by molar-refractivity contribution is 4.75. The van der Waals surface area contributed by atoms with Gasteiger partial charge in [-0.2, -0.15) is 0 Å². The van der Waals surface area contributed by atoms with Crippen LogP contribution in [0.5, 0.6) is 0 Å². The van der Waals surface area contributed by atoms with Crippen LogP contribution in [0.1, 0.15) is 33.6 Å². The summed E-state index contributed by atoms with van der Waals surface area (Å²) in [5.74, 6) is 1.81. The van der Waals surface area contributed by atoms with Crippen LogP contribution in [0, 0.1) is 11.8 Å². The van der Waals surface area contributed by atoms with Gasteiger partial charge < -0.3 is 10.6 Å². The van der Waals surface area contributed by atoms with Crippen LogP contribution in [0.3, 0.4) is 0 Å². The van der Waals surface area contributed by atoms with Crippen LogP contribution in [-0.2, 0) is 0 Å². The zero-order valence-electron chi connectivity index (χ0n) is 9.29. The number of hydrogen-bond donors (Lipinski definition) is 1. The molecule has 0 bridgehead atoms. The van der Waals surface area contributed by atoms with Crippen molar-refractivity contribution in [2.24, 2.45) is 17.6 Å². The first-order chi connectivity index (χ1) is 6.09. The lowest BCUT2D eigenvalue weighted by Gasteiger charge is -2.34. The van der Waals surface area contributed by atoms with Crippen molar-refractivity contribution in [2.45, 2.75) is 39.7 Å². The van der Waals surface area contributed by atoms with Crippen molar-refractivity contribution in [1.82, 2.24) is 4.90 Å². The van der Waals surface area contributed by atoms with E-state index in [9.17, 15) is 0 Å². The predicted molar refractivity (Wildman–Crippen MR) is 57.7 cm³/mol. The molecule has 0 radical (unpaired) electrons. The Labute approximate surface area is 82.5 Å². The second-order valence-electron chi connectivity index (χ2n) is 4.86. The Kier molecular flexibility index (Phi) is 4.20. The van der Waals surface area contributed by atoms with Gasteiger partial charge in [-0.25, -0.2) is 0 Å². The molecule has 2 nitrogen and oxygen atoms in total. The maximum Gasteiger partial charge on any atom is 0.0139 e. The molecule has 1 saturated heterocycles. The summed E-state index contributed by atoms with van der Waals surface area (Å²) in [5, 5.41) is 0. The number of likely N-dealkylation sites (tertiary alicyclic amines) is 1. The van der Waals surface area contributed by atoms with Crippen molar-refractivity contribution in [3.63, 3.8) is 0 Å². The molecule has 0 amide bonds. The molecule has 0 aliphatic carbocycles. The molecule has 0 unspecified atom stereocenters. The Morgan fingerprint density at radius 2 is 1.77 bits per heavy atom. The van der Waals surface area contributed by atoms with E-state index >= 15 is 0 Å². The van der Waals surface area contributed by atoms with E-state index in [1.54, 1.807) is 0 Å². The first kappa shape index (κ1) is 11.0. The van der Waals surface area contributed by atoms with Crippen molar-refractivity contribution in [1.29, 1.82) is 0 Å². The van der Waals surface area contributed by atoms with Crippen LogP contribution in [0.25, 0.3) is 0 Å². The van der Waals surface area contributed by atoms with Gasteiger partial charge in [-0.15, -0.1) is 0 Å². The fourth-order valence-corrected chi connectivity index (χ4v) is 2.21. The van der Waals surface area contributed by atoms with E-state index in [1.165, 1.54) is 25.9 Å². The normalized spacial score (nSPS) is 23.8. The average Bonchev–Trinajstić information content (AvgIpc) is 2.04. The maximum atomic E-state index is 5.78. The number of hydrogen-bond acceptors (Lipinski definition) is 2. The standard InChI is InChI=1S/C11H24N2/c1-9(2)11-4-6-13(7-5-11)8-10(3)12/h9-11H,4-8,12H2,1-3H3/t10-/m1/s1. The maximum absolute atomic E-state index is 5.78.